The molecule has 2 heterocycles. The van der Waals surface area contributed by atoms with Gasteiger partial charge in [0.25, 0.3) is 0 Å². The maximum Gasteiger partial charge on any atom is 0.239 e. The lowest BCUT2D eigenvalue weighted by atomic mass is 10.1. The lowest BCUT2D eigenvalue weighted by Gasteiger charge is -2.28. The smallest absolute Gasteiger partial charge is 0.239 e. The fourth-order valence-electron chi connectivity index (χ4n) is 3.80. The number of rotatable bonds is 9. The molecule has 4 N–H and O–H groups in total. The van der Waals surface area contributed by atoms with Crippen molar-refractivity contribution < 1.29 is 9.53 Å². The molecular weight excluding hydrogens is 416 g/mol. The van der Waals surface area contributed by atoms with E-state index in [0.29, 0.717) is 12.4 Å². The number of ether oxygens (including phenoxy) is 1. The number of nitrogens with zero attached hydrogens (tertiary/aromatic N) is 3. The van der Waals surface area contributed by atoms with Crippen LogP contribution in [0.5, 0.6) is 0 Å². The average molecular weight is 447 g/mol. The Bertz CT molecular complexity index is 1050. The summed E-state index contributed by atoms with van der Waals surface area (Å²) in [6, 6.07) is 17.6. The SMILES string of the molecule is CCC[C@@H](Nc1ccc(-c2ccnc(Nc3ccc(N4CCOCC4)cc3)n2)cc1)C(N)=O. The first-order valence-corrected chi connectivity index (χ1v) is 11.3. The van der Waals surface area contributed by atoms with Gasteiger partial charge in [0.15, 0.2) is 0 Å². The molecule has 0 unspecified atom stereocenters. The minimum absolute atomic E-state index is 0.342. The summed E-state index contributed by atoms with van der Waals surface area (Å²) in [4.78, 5) is 22.9. The van der Waals surface area contributed by atoms with E-state index < -0.39 is 0 Å². The van der Waals surface area contributed by atoms with Gasteiger partial charge >= 0.3 is 0 Å². The molecule has 1 aliphatic rings. The molecule has 1 saturated heterocycles. The minimum atomic E-state index is -0.370. The van der Waals surface area contributed by atoms with E-state index in [2.05, 4.69) is 37.6 Å². The normalized spacial score (nSPS) is 14.5. The molecule has 1 fully saturated rings. The molecule has 0 saturated carbocycles. The molecule has 0 radical (unpaired) electrons. The third-order valence-electron chi connectivity index (χ3n) is 5.60. The van der Waals surface area contributed by atoms with Crippen LogP contribution in [0.1, 0.15) is 19.8 Å². The van der Waals surface area contributed by atoms with Crippen LogP contribution >= 0.6 is 0 Å². The van der Waals surface area contributed by atoms with Crippen LogP contribution in [-0.2, 0) is 9.53 Å². The molecule has 1 aliphatic heterocycles. The lowest BCUT2D eigenvalue weighted by Crippen LogP contribution is -2.36. The van der Waals surface area contributed by atoms with Gasteiger partial charge < -0.3 is 26.0 Å². The highest BCUT2D eigenvalue weighted by atomic mass is 16.5. The zero-order chi connectivity index (χ0) is 23.0. The van der Waals surface area contributed by atoms with Crippen molar-refractivity contribution >= 4 is 28.9 Å². The van der Waals surface area contributed by atoms with E-state index in [1.165, 1.54) is 5.69 Å². The van der Waals surface area contributed by atoms with Crippen LogP contribution < -0.4 is 21.3 Å². The second kappa shape index (κ2) is 10.8. The molecule has 8 nitrogen and oxygen atoms in total. The summed E-state index contributed by atoms with van der Waals surface area (Å²) in [5, 5.41) is 6.48. The maximum absolute atomic E-state index is 11.6. The highest BCUT2D eigenvalue weighted by Crippen LogP contribution is 2.24. The summed E-state index contributed by atoms with van der Waals surface area (Å²) in [5.41, 5.74) is 10.2. The molecule has 172 valence electrons. The Kier molecular flexibility index (Phi) is 7.36. The molecule has 0 bridgehead atoms. The van der Waals surface area contributed by atoms with E-state index >= 15 is 0 Å². The van der Waals surface area contributed by atoms with E-state index in [1.54, 1.807) is 6.20 Å². The number of carbonyl (C=O) groups is 1. The van der Waals surface area contributed by atoms with Crippen LogP contribution in [0, 0.1) is 0 Å². The summed E-state index contributed by atoms with van der Waals surface area (Å²) in [7, 11) is 0. The van der Waals surface area contributed by atoms with Gasteiger partial charge in [-0.05, 0) is 48.9 Å². The van der Waals surface area contributed by atoms with E-state index in [-0.39, 0.29) is 11.9 Å². The monoisotopic (exact) mass is 446 g/mol. The van der Waals surface area contributed by atoms with Gasteiger partial charge in [0, 0.05) is 41.9 Å². The number of nitrogens with two attached hydrogens (primary N) is 1. The van der Waals surface area contributed by atoms with Crippen LogP contribution in [-0.4, -0.2) is 48.2 Å². The van der Waals surface area contributed by atoms with Crippen LogP contribution in [0.3, 0.4) is 0 Å². The van der Waals surface area contributed by atoms with Gasteiger partial charge in [0.1, 0.15) is 6.04 Å². The fraction of sp³-hybridized carbons (Fsp3) is 0.320. The molecule has 1 amide bonds. The first-order chi connectivity index (χ1) is 16.1. The predicted octanol–water partition coefficient (Wildman–Crippen LogP) is 3.79. The Morgan fingerprint density at radius 3 is 2.42 bits per heavy atom. The zero-order valence-corrected chi connectivity index (χ0v) is 18.8. The van der Waals surface area contributed by atoms with Gasteiger partial charge in [-0.3, -0.25) is 4.79 Å². The summed E-state index contributed by atoms with van der Waals surface area (Å²) < 4.78 is 5.42. The number of primary amides is 1. The molecule has 1 aromatic heterocycles. The summed E-state index contributed by atoms with van der Waals surface area (Å²) in [5.74, 6) is 0.191. The summed E-state index contributed by atoms with van der Waals surface area (Å²) in [6.45, 7) is 5.38. The molecular formula is C25H30N6O2. The topological polar surface area (TPSA) is 105 Å². The van der Waals surface area contributed by atoms with Crippen molar-refractivity contribution in [3.8, 4) is 11.3 Å². The van der Waals surface area contributed by atoms with Crippen LogP contribution in [0.2, 0.25) is 0 Å². The first kappa shape index (κ1) is 22.5. The number of nitrogens with one attached hydrogen (secondary N) is 2. The molecule has 0 spiro atoms. The van der Waals surface area contributed by atoms with Gasteiger partial charge in [0.05, 0.1) is 18.9 Å². The Labute approximate surface area is 194 Å². The zero-order valence-electron chi connectivity index (χ0n) is 18.8. The van der Waals surface area contributed by atoms with E-state index in [0.717, 1.165) is 55.4 Å². The van der Waals surface area contributed by atoms with Crippen molar-refractivity contribution in [2.24, 2.45) is 5.73 Å². The fourth-order valence-corrected chi connectivity index (χ4v) is 3.80. The van der Waals surface area contributed by atoms with Crippen molar-refractivity contribution in [3.63, 3.8) is 0 Å². The highest BCUT2D eigenvalue weighted by molar-refractivity contribution is 5.83. The molecule has 2 aromatic carbocycles. The van der Waals surface area contributed by atoms with Crippen LogP contribution in [0.4, 0.5) is 23.0 Å². The van der Waals surface area contributed by atoms with E-state index in [4.69, 9.17) is 10.5 Å². The molecule has 3 aromatic rings. The molecule has 1 atom stereocenters. The summed E-state index contributed by atoms with van der Waals surface area (Å²) >= 11 is 0. The number of hydrogen-bond donors (Lipinski definition) is 3. The Hall–Kier alpha value is -3.65. The van der Waals surface area contributed by atoms with Crippen molar-refractivity contribution in [1.29, 1.82) is 0 Å². The number of morpholine rings is 1. The molecule has 0 aliphatic carbocycles. The Balaban J connectivity index is 1.41. The van der Waals surface area contributed by atoms with Gasteiger partial charge in [-0.15, -0.1) is 0 Å². The van der Waals surface area contributed by atoms with Gasteiger partial charge in [0.2, 0.25) is 11.9 Å². The average Bonchev–Trinajstić information content (AvgIpc) is 2.85. The molecule has 33 heavy (non-hydrogen) atoms. The first-order valence-electron chi connectivity index (χ1n) is 11.3. The van der Waals surface area contributed by atoms with Crippen molar-refractivity contribution in [1.82, 2.24) is 9.97 Å². The van der Waals surface area contributed by atoms with Crippen molar-refractivity contribution in [2.45, 2.75) is 25.8 Å². The lowest BCUT2D eigenvalue weighted by molar-refractivity contribution is -0.118. The van der Waals surface area contributed by atoms with Crippen LogP contribution in [0.25, 0.3) is 11.3 Å². The maximum atomic E-state index is 11.6. The third kappa shape index (κ3) is 5.98. The van der Waals surface area contributed by atoms with Gasteiger partial charge in [-0.2, -0.15) is 0 Å². The second-order valence-electron chi connectivity index (χ2n) is 8.00. The Morgan fingerprint density at radius 1 is 1.06 bits per heavy atom. The number of anilines is 4. The van der Waals surface area contributed by atoms with Gasteiger partial charge in [-0.25, -0.2) is 9.97 Å². The number of carbonyl (C=O) groups excluding carboxylic acids is 1. The van der Waals surface area contributed by atoms with Crippen LogP contribution in [0.15, 0.2) is 60.8 Å². The largest absolute Gasteiger partial charge is 0.378 e. The molecule has 8 heteroatoms. The van der Waals surface area contributed by atoms with Crippen molar-refractivity contribution in [3.05, 3.63) is 60.8 Å². The summed E-state index contributed by atoms with van der Waals surface area (Å²) in [6.07, 6.45) is 3.32. The quantitative estimate of drug-likeness (QED) is 0.459. The van der Waals surface area contributed by atoms with Crippen molar-refractivity contribution in [2.75, 3.05) is 41.8 Å². The number of benzene rings is 2. The van der Waals surface area contributed by atoms with Gasteiger partial charge in [-0.1, -0.05) is 25.5 Å². The highest BCUT2D eigenvalue weighted by Gasteiger charge is 2.14. The Morgan fingerprint density at radius 2 is 1.76 bits per heavy atom. The second-order valence-corrected chi connectivity index (χ2v) is 8.00. The third-order valence-corrected chi connectivity index (χ3v) is 5.60. The van der Waals surface area contributed by atoms with E-state index in [1.807, 2.05) is 49.4 Å². The number of amides is 1. The number of aromatic nitrogens is 2. The predicted molar refractivity (Wildman–Crippen MR) is 132 cm³/mol. The molecule has 4 rings (SSSR count). The minimum Gasteiger partial charge on any atom is -0.378 e. The van der Waals surface area contributed by atoms with E-state index in [9.17, 15) is 4.79 Å². The number of hydrogen-bond acceptors (Lipinski definition) is 7. The standard InChI is InChI=1S/C25H30N6O2/c1-2-3-23(24(26)32)28-19-6-4-18(5-7-19)22-12-13-27-25(30-22)29-20-8-10-21(11-9-20)31-14-16-33-17-15-31/h4-13,23,28H,2-3,14-17H2,1H3,(H2,26,32)(H,27,29,30)/t23-/m1/s1.